The van der Waals surface area contributed by atoms with Crippen LogP contribution in [0.1, 0.15) is 17.2 Å². The van der Waals surface area contributed by atoms with Crippen molar-refractivity contribution in [2.24, 2.45) is 0 Å². The molecule has 0 aliphatic carbocycles. The Balaban J connectivity index is 2.29. The average molecular weight is 228 g/mol. The highest BCUT2D eigenvalue weighted by molar-refractivity contribution is 5.34. The fourth-order valence-electron chi connectivity index (χ4n) is 1.87. The van der Waals surface area contributed by atoms with Gasteiger partial charge in [0.05, 0.1) is 7.11 Å². The number of rotatable bonds is 4. The van der Waals surface area contributed by atoms with Crippen LogP contribution < -0.4 is 4.74 Å². The molecule has 0 saturated heterocycles. The van der Waals surface area contributed by atoms with Crippen LogP contribution in [0.2, 0.25) is 0 Å². The van der Waals surface area contributed by atoms with Crippen molar-refractivity contribution in [2.45, 2.75) is 6.10 Å². The van der Waals surface area contributed by atoms with E-state index in [2.05, 4.69) is 12.1 Å². The van der Waals surface area contributed by atoms with Crippen molar-refractivity contribution in [3.8, 4) is 5.75 Å². The van der Waals surface area contributed by atoms with Crippen LogP contribution in [-0.2, 0) is 4.74 Å². The van der Waals surface area contributed by atoms with Gasteiger partial charge in [0, 0.05) is 7.11 Å². The molecular formula is C15H16O2. The summed E-state index contributed by atoms with van der Waals surface area (Å²) in [6, 6.07) is 18.1. The maximum atomic E-state index is 5.56. The Bertz CT molecular complexity index is 448. The molecule has 1 atom stereocenters. The van der Waals surface area contributed by atoms with Crippen molar-refractivity contribution < 1.29 is 9.47 Å². The van der Waals surface area contributed by atoms with Crippen LogP contribution in [-0.4, -0.2) is 14.2 Å². The van der Waals surface area contributed by atoms with Crippen LogP contribution in [0.5, 0.6) is 5.75 Å². The molecule has 2 nitrogen and oxygen atoms in total. The fourth-order valence-corrected chi connectivity index (χ4v) is 1.87. The Morgan fingerprint density at radius 3 is 1.88 bits per heavy atom. The van der Waals surface area contributed by atoms with Crippen LogP contribution in [0.3, 0.4) is 0 Å². The number of methoxy groups -OCH3 is 2. The number of hydrogen-bond acceptors (Lipinski definition) is 2. The molecule has 2 heteroatoms. The van der Waals surface area contributed by atoms with E-state index in [1.807, 2.05) is 42.5 Å². The summed E-state index contributed by atoms with van der Waals surface area (Å²) in [4.78, 5) is 0. The molecule has 0 aromatic heterocycles. The lowest BCUT2D eigenvalue weighted by Gasteiger charge is -2.16. The van der Waals surface area contributed by atoms with E-state index in [0.717, 1.165) is 16.9 Å². The van der Waals surface area contributed by atoms with Gasteiger partial charge in [-0.15, -0.1) is 0 Å². The first-order chi connectivity index (χ1) is 8.35. The highest BCUT2D eigenvalue weighted by atomic mass is 16.5. The third-order valence-electron chi connectivity index (χ3n) is 2.76. The number of ether oxygens (including phenoxy) is 2. The summed E-state index contributed by atoms with van der Waals surface area (Å²) >= 11 is 0. The van der Waals surface area contributed by atoms with Crippen molar-refractivity contribution in [2.75, 3.05) is 14.2 Å². The second kappa shape index (κ2) is 5.51. The van der Waals surface area contributed by atoms with E-state index in [1.54, 1.807) is 14.2 Å². The third-order valence-corrected chi connectivity index (χ3v) is 2.76. The largest absolute Gasteiger partial charge is 0.497 e. The van der Waals surface area contributed by atoms with E-state index in [-0.39, 0.29) is 6.10 Å². The Kier molecular flexibility index (Phi) is 3.78. The first kappa shape index (κ1) is 11.7. The molecule has 0 aliphatic rings. The Hall–Kier alpha value is -1.80. The van der Waals surface area contributed by atoms with Gasteiger partial charge < -0.3 is 9.47 Å². The molecule has 0 amide bonds. The zero-order chi connectivity index (χ0) is 12.1. The molecule has 0 bridgehead atoms. The van der Waals surface area contributed by atoms with E-state index in [1.165, 1.54) is 0 Å². The van der Waals surface area contributed by atoms with E-state index < -0.39 is 0 Å². The van der Waals surface area contributed by atoms with Crippen LogP contribution in [0, 0.1) is 0 Å². The minimum Gasteiger partial charge on any atom is -0.497 e. The summed E-state index contributed by atoms with van der Waals surface area (Å²) in [6.45, 7) is 0. The van der Waals surface area contributed by atoms with Gasteiger partial charge in [-0.2, -0.15) is 0 Å². The lowest BCUT2D eigenvalue weighted by molar-refractivity contribution is 0.136. The lowest BCUT2D eigenvalue weighted by atomic mass is 10.0. The lowest BCUT2D eigenvalue weighted by Crippen LogP contribution is -2.03. The number of benzene rings is 2. The van der Waals surface area contributed by atoms with Gasteiger partial charge in [0.15, 0.2) is 0 Å². The van der Waals surface area contributed by atoms with Gasteiger partial charge in [0.2, 0.25) is 0 Å². The van der Waals surface area contributed by atoms with Gasteiger partial charge in [0.1, 0.15) is 11.9 Å². The van der Waals surface area contributed by atoms with Gasteiger partial charge >= 0.3 is 0 Å². The smallest absolute Gasteiger partial charge is 0.118 e. The molecule has 2 rings (SSSR count). The summed E-state index contributed by atoms with van der Waals surface area (Å²) in [5.41, 5.74) is 2.28. The highest BCUT2D eigenvalue weighted by Crippen LogP contribution is 2.26. The molecule has 2 aromatic carbocycles. The van der Waals surface area contributed by atoms with Crippen molar-refractivity contribution in [3.05, 3.63) is 65.7 Å². The normalized spacial score (nSPS) is 12.1. The van der Waals surface area contributed by atoms with Gasteiger partial charge in [0.25, 0.3) is 0 Å². The summed E-state index contributed by atoms with van der Waals surface area (Å²) in [6.07, 6.45) is -0.0258. The minimum atomic E-state index is -0.0258. The maximum Gasteiger partial charge on any atom is 0.118 e. The molecule has 0 saturated carbocycles. The molecule has 17 heavy (non-hydrogen) atoms. The van der Waals surface area contributed by atoms with E-state index in [4.69, 9.17) is 9.47 Å². The minimum absolute atomic E-state index is 0.0258. The monoisotopic (exact) mass is 228 g/mol. The van der Waals surface area contributed by atoms with Gasteiger partial charge in [-0.3, -0.25) is 0 Å². The van der Waals surface area contributed by atoms with Gasteiger partial charge in [-0.1, -0.05) is 42.5 Å². The summed E-state index contributed by atoms with van der Waals surface area (Å²) < 4.78 is 10.7. The first-order valence-corrected chi connectivity index (χ1v) is 5.57. The van der Waals surface area contributed by atoms with Gasteiger partial charge in [-0.25, -0.2) is 0 Å². The predicted octanol–water partition coefficient (Wildman–Crippen LogP) is 3.43. The molecule has 0 radical (unpaired) electrons. The summed E-state index contributed by atoms with van der Waals surface area (Å²) in [7, 11) is 3.39. The molecule has 1 unspecified atom stereocenters. The number of hydrogen-bond donors (Lipinski definition) is 0. The van der Waals surface area contributed by atoms with Crippen LogP contribution >= 0.6 is 0 Å². The average Bonchev–Trinajstić information content (AvgIpc) is 2.42. The summed E-state index contributed by atoms with van der Waals surface area (Å²) in [5, 5.41) is 0. The molecule has 2 aromatic rings. The Morgan fingerprint density at radius 1 is 0.765 bits per heavy atom. The second-order valence-corrected chi connectivity index (χ2v) is 3.80. The van der Waals surface area contributed by atoms with Crippen molar-refractivity contribution in [1.82, 2.24) is 0 Å². The molecule has 0 heterocycles. The quantitative estimate of drug-likeness (QED) is 0.798. The molecule has 0 aliphatic heterocycles. The van der Waals surface area contributed by atoms with E-state index in [9.17, 15) is 0 Å². The van der Waals surface area contributed by atoms with Crippen molar-refractivity contribution in [3.63, 3.8) is 0 Å². The third kappa shape index (κ3) is 2.66. The maximum absolute atomic E-state index is 5.56. The molecule has 0 N–H and O–H groups in total. The second-order valence-electron chi connectivity index (χ2n) is 3.80. The SMILES string of the molecule is COc1ccc(C(OC)c2ccccc2)cc1. The standard InChI is InChI=1S/C15H16O2/c1-16-14-10-8-13(9-11-14)15(17-2)12-6-4-3-5-7-12/h3-11,15H,1-2H3. The zero-order valence-corrected chi connectivity index (χ0v) is 10.1. The fraction of sp³-hybridized carbons (Fsp3) is 0.200. The molecule has 0 fully saturated rings. The van der Waals surface area contributed by atoms with Crippen molar-refractivity contribution >= 4 is 0 Å². The molecule has 88 valence electrons. The van der Waals surface area contributed by atoms with E-state index >= 15 is 0 Å². The van der Waals surface area contributed by atoms with Crippen LogP contribution in [0.4, 0.5) is 0 Å². The first-order valence-electron chi connectivity index (χ1n) is 5.57. The van der Waals surface area contributed by atoms with E-state index in [0.29, 0.717) is 0 Å². The van der Waals surface area contributed by atoms with Crippen LogP contribution in [0.25, 0.3) is 0 Å². The zero-order valence-electron chi connectivity index (χ0n) is 10.1. The van der Waals surface area contributed by atoms with Gasteiger partial charge in [-0.05, 0) is 23.3 Å². The Morgan fingerprint density at radius 2 is 1.35 bits per heavy atom. The highest BCUT2D eigenvalue weighted by Gasteiger charge is 2.12. The topological polar surface area (TPSA) is 18.5 Å². The van der Waals surface area contributed by atoms with Crippen molar-refractivity contribution in [1.29, 1.82) is 0 Å². The predicted molar refractivity (Wildman–Crippen MR) is 68.3 cm³/mol. The Labute approximate surface area is 102 Å². The summed E-state index contributed by atoms with van der Waals surface area (Å²) in [5.74, 6) is 0.858. The molecule has 0 spiro atoms. The van der Waals surface area contributed by atoms with Crippen LogP contribution in [0.15, 0.2) is 54.6 Å². The molecular weight excluding hydrogens is 212 g/mol.